The van der Waals surface area contributed by atoms with E-state index in [1.54, 1.807) is 7.11 Å². The van der Waals surface area contributed by atoms with Gasteiger partial charge in [0.05, 0.1) is 12.8 Å². The third-order valence-corrected chi connectivity index (χ3v) is 4.72. The average Bonchev–Trinajstić information content (AvgIpc) is 3.39. The molecule has 0 atom stereocenters. The van der Waals surface area contributed by atoms with Crippen molar-refractivity contribution >= 4 is 17.5 Å². The van der Waals surface area contributed by atoms with Gasteiger partial charge in [-0.1, -0.05) is 6.07 Å². The fourth-order valence-electron chi connectivity index (χ4n) is 3.10. The van der Waals surface area contributed by atoms with Gasteiger partial charge in [0.2, 0.25) is 11.8 Å². The van der Waals surface area contributed by atoms with Crippen molar-refractivity contribution < 1.29 is 14.3 Å². The highest BCUT2D eigenvalue weighted by Gasteiger charge is 2.36. The minimum atomic E-state index is -0.0385. The van der Waals surface area contributed by atoms with Gasteiger partial charge in [-0.15, -0.1) is 0 Å². The van der Waals surface area contributed by atoms with Gasteiger partial charge in [0.15, 0.2) is 0 Å². The van der Waals surface area contributed by atoms with E-state index < -0.39 is 0 Å². The van der Waals surface area contributed by atoms with Crippen LogP contribution in [0.4, 0.5) is 5.69 Å². The molecule has 1 N–H and O–H groups in total. The van der Waals surface area contributed by atoms with Crippen LogP contribution in [0.15, 0.2) is 18.2 Å². The molecule has 2 aliphatic rings. The Morgan fingerprint density at radius 1 is 1.13 bits per heavy atom. The third-order valence-electron chi connectivity index (χ3n) is 4.72. The molecule has 0 unspecified atom stereocenters. The molecular formula is C18H24N2O3. The van der Waals surface area contributed by atoms with Gasteiger partial charge in [0.25, 0.3) is 0 Å². The van der Waals surface area contributed by atoms with Gasteiger partial charge in [0, 0.05) is 24.9 Å². The maximum absolute atomic E-state index is 12.5. The number of nitrogens with zero attached hydrogens (tertiary/aromatic N) is 1. The molecule has 0 bridgehead atoms. The summed E-state index contributed by atoms with van der Waals surface area (Å²) in [7, 11) is 1.60. The summed E-state index contributed by atoms with van der Waals surface area (Å²) in [6.07, 6.45) is 3.54. The maximum Gasteiger partial charge on any atom is 0.227 e. The van der Waals surface area contributed by atoms with Gasteiger partial charge in [-0.3, -0.25) is 9.59 Å². The van der Waals surface area contributed by atoms with Crippen molar-refractivity contribution in [1.82, 2.24) is 4.90 Å². The number of hydrogen-bond acceptors (Lipinski definition) is 3. The Morgan fingerprint density at radius 3 is 2.43 bits per heavy atom. The van der Waals surface area contributed by atoms with Gasteiger partial charge < -0.3 is 15.0 Å². The van der Waals surface area contributed by atoms with Crippen LogP contribution < -0.4 is 10.1 Å². The molecule has 2 fully saturated rings. The lowest BCUT2D eigenvalue weighted by atomic mass is 9.95. The van der Waals surface area contributed by atoms with Gasteiger partial charge in [0.1, 0.15) is 5.75 Å². The first-order chi connectivity index (χ1) is 11.1. The number of aryl methyl sites for hydroxylation is 1. The van der Waals surface area contributed by atoms with Crippen molar-refractivity contribution in [3.8, 4) is 5.75 Å². The second-order valence-corrected chi connectivity index (χ2v) is 6.57. The lowest BCUT2D eigenvalue weighted by Gasteiger charge is -2.31. The molecule has 0 spiro atoms. The molecule has 3 rings (SSSR count). The van der Waals surface area contributed by atoms with Crippen molar-refractivity contribution in [3.63, 3.8) is 0 Å². The smallest absolute Gasteiger partial charge is 0.227 e. The van der Waals surface area contributed by atoms with E-state index in [4.69, 9.17) is 4.74 Å². The predicted octanol–water partition coefficient (Wildman–Crippen LogP) is 2.59. The summed E-state index contributed by atoms with van der Waals surface area (Å²) in [5.74, 6) is 1.20. The lowest BCUT2D eigenvalue weighted by molar-refractivity contribution is -0.135. The molecule has 1 aromatic rings. The number of rotatable bonds is 4. The van der Waals surface area contributed by atoms with Crippen LogP contribution in [0.2, 0.25) is 0 Å². The van der Waals surface area contributed by atoms with E-state index in [0.29, 0.717) is 24.5 Å². The SMILES string of the molecule is COc1ccc(C)cc1NC(=O)C1CCN(C(=O)C2CC2)CC1. The number of ether oxygens (including phenoxy) is 1. The zero-order chi connectivity index (χ0) is 16.4. The average molecular weight is 316 g/mol. The van der Waals surface area contributed by atoms with Crippen LogP contribution in [0.25, 0.3) is 0 Å². The first-order valence-corrected chi connectivity index (χ1v) is 8.33. The number of carbonyl (C=O) groups excluding carboxylic acids is 2. The molecule has 2 amide bonds. The number of benzene rings is 1. The number of hydrogen-bond donors (Lipinski definition) is 1. The second-order valence-electron chi connectivity index (χ2n) is 6.57. The van der Waals surface area contributed by atoms with Crippen molar-refractivity contribution in [1.29, 1.82) is 0 Å². The van der Waals surface area contributed by atoms with Crippen LogP contribution in [-0.4, -0.2) is 36.9 Å². The minimum Gasteiger partial charge on any atom is -0.495 e. The van der Waals surface area contributed by atoms with Crippen molar-refractivity contribution in [2.45, 2.75) is 32.6 Å². The molecule has 1 saturated carbocycles. The highest BCUT2D eigenvalue weighted by molar-refractivity contribution is 5.94. The van der Waals surface area contributed by atoms with Crippen molar-refractivity contribution in [2.75, 3.05) is 25.5 Å². The Balaban J connectivity index is 1.57. The summed E-state index contributed by atoms with van der Waals surface area (Å²) in [5, 5.41) is 2.98. The molecule has 23 heavy (non-hydrogen) atoms. The molecule has 1 saturated heterocycles. The zero-order valence-corrected chi connectivity index (χ0v) is 13.8. The number of piperidine rings is 1. The number of carbonyl (C=O) groups is 2. The van der Waals surface area contributed by atoms with E-state index in [2.05, 4.69) is 5.32 Å². The van der Waals surface area contributed by atoms with Crippen LogP contribution in [0, 0.1) is 18.8 Å². The lowest BCUT2D eigenvalue weighted by Crippen LogP contribution is -2.42. The van der Waals surface area contributed by atoms with Gasteiger partial charge in [-0.25, -0.2) is 0 Å². The minimum absolute atomic E-state index is 0.0208. The van der Waals surface area contributed by atoms with Gasteiger partial charge in [-0.2, -0.15) is 0 Å². The van der Waals surface area contributed by atoms with Crippen LogP contribution in [-0.2, 0) is 9.59 Å². The van der Waals surface area contributed by atoms with Crippen LogP contribution in [0.5, 0.6) is 5.75 Å². The second kappa shape index (κ2) is 6.60. The van der Waals surface area contributed by atoms with Gasteiger partial charge >= 0.3 is 0 Å². The van der Waals surface area contributed by atoms with E-state index >= 15 is 0 Å². The standard InChI is InChI=1S/C18H24N2O3/c1-12-3-6-16(23-2)15(11-12)19-17(21)13-7-9-20(10-8-13)18(22)14-4-5-14/h3,6,11,13-14H,4-5,7-10H2,1-2H3,(H,19,21). The number of methoxy groups -OCH3 is 1. The molecule has 124 valence electrons. The molecule has 0 aromatic heterocycles. The monoisotopic (exact) mass is 316 g/mol. The van der Waals surface area contributed by atoms with E-state index in [0.717, 1.165) is 31.2 Å². The van der Waals surface area contributed by atoms with Gasteiger partial charge in [-0.05, 0) is 50.3 Å². The molecular weight excluding hydrogens is 292 g/mol. The molecule has 5 nitrogen and oxygen atoms in total. The predicted molar refractivity (Wildman–Crippen MR) is 88.4 cm³/mol. The summed E-state index contributed by atoms with van der Waals surface area (Å²) in [4.78, 5) is 26.5. The molecule has 0 radical (unpaired) electrons. The summed E-state index contributed by atoms with van der Waals surface area (Å²) in [6.45, 7) is 3.37. The van der Waals surface area contributed by atoms with Crippen molar-refractivity contribution in [3.05, 3.63) is 23.8 Å². The summed E-state index contributed by atoms with van der Waals surface area (Å²) in [5.41, 5.74) is 1.79. The zero-order valence-electron chi connectivity index (χ0n) is 13.8. The third kappa shape index (κ3) is 3.66. The van der Waals surface area contributed by atoms with Crippen molar-refractivity contribution in [2.24, 2.45) is 11.8 Å². The first kappa shape index (κ1) is 15.8. The molecule has 1 heterocycles. The van der Waals surface area contributed by atoms with E-state index in [1.807, 2.05) is 30.0 Å². The topological polar surface area (TPSA) is 58.6 Å². The fraction of sp³-hybridized carbons (Fsp3) is 0.556. The summed E-state index contributed by atoms with van der Waals surface area (Å²) in [6, 6.07) is 5.74. The number of anilines is 1. The van der Waals surface area contributed by atoms with Crippen LogP contribution in [0.3, 0.4) is 0 Å². The Hall–Kier alpha value is -2.04. The van der Waals surface area contributed by atoms with E-state index in [9.17, 15) is 9.59 Å². The first-order valence-electron chi connectivity index (χ1n) is 8.33. The summed E-state index contributed by atoms with van der Waals surface area (Å²) >= 11 is 0. The number of amides is 2. The van der Waals surface area contributed by atoms with E-state index in [1.165, 1.54) is 0 Å². The van der Waals surface area contributed by atoms with Crippen LogP contribution >= 0.6 is 0 Å². The molecule has 1 aromatic carbocycles. The molecule has 5 heteroatoms. The highest BCUT2D eigenvalue weighted by Crippen LogP contribution is 2.33. The molecule has 1 aliphatic carbocycles. The Labute approximate surface area is 137 Å². The maximum atomic E-state index is 12.5. The summed E-state index contributed by atoms with van der Waals surface area (Å²) < 4.78 is 5.30. The fourth-order valence-corrected chi connectivity index (χ4v) is 3.10. The highest BCUT2D eigenvalue weighted by atomic mass is 16.5. The Morgan fingerprint density at radius 2 is 1.83 bits per heavy atom. The quantitative estimate of drug-likeness (QED) is 0.929. The number of nitrogens with one attached hydrogen (secondary N) is 1. The normalized spacial score (nSPS) is 18.6. The largest absolute Gasteiger partial charge is 0.495 e. The number of likely N-dealkylation sites (tertiary alicyclic amines) is 1. The molecule has 1 aliphatic heterocycles. The van der Waals surface area contributed by atoms with E-state index in [-0.39, 0.29) is 23.7 Å². The Bertz CT molecular complexity index is 602. The van der Waals surface area contributed by atoms with Crippen LogP contribution in [0.1, 0.15) is 31.2 Å². The Kier molecular flexibility index (Phi) is 4.55.